The predicted octanol–water partition coefficient (Wildman–Crippen LogP) is 2.00. The first kappa shape index (κ1) is 12.1. The summed E-state index contributed by atoms with van der Waals surface area (Å²) in [6.45, 7) is 0. The fourth-order valence-corrected chi connectivity index (χ4v) is 7.26. The SMILES string of the molecule is S=C(N[C@H]1C[C@@H]2CC[C@@H]1C2)NN1[C@@H]2CS[C@H]1CS2. The van der Waals surface area contributed by atoms with Crippen molar-refractivity contribution < 1.29 is 0 Å². The second-order valence-corrected chi connectivity index (χ2v) is 8.68. The van der Waals surface area contributed by atoms with Gasteiger partial charge in [-0.25, -0.2) is 0 Å². The normalized spacial score (nSPS) is 45.7. The maximum absolute atomic E-state index is 5.49. The van der Waals surface area contributed by atoms with Crippen LogP contribution in [0.3, 0.4) is 0 Å². The quantitative estimate of drug-likeness (QED) is 0.758. The minimum absolute atomic E-state index is 0.625. The molecule has 2 aliphatic heterocycles. The van der Waals surface area contributed by atoms with Crippen LogP contribution in [0.15, 0.2) is 0 Å². The molecule has 0 aromatic heterocycles. The molecule has 0 amide bonds. The summed E-state index contributed by atoms with van der Waals surface area (Å²) in [7, 11) is 0. The Bertz CT molecular complexity index is 344. The van der Waals surface area contributed by atoms with E-state index in [1.807, 2.05) is 0 Å². The van der Waals surface area contributed by atoms with Gasteiger partial charge in [-0.05, 0) is 43.3 Å². The van der Waals surface area contributed by atoms with Crippen LogP contribution in [0.2, 0.25) is 0 Å². The summed E-state index contributed by atoms with van der Waals surface area (Å²) in [6.07, 6.45) is 5.63. The molecule has 4 rings (SSSR count). The van der Waals surface area contributed by atoms with Crippen LogP contribution < -0.4 is 10.7 Å². The lowest BCUT2D eigenvalue weighted by Gasteiger charge is -2.28. The Labute approximate surface area is 122 Å². The Morgan fingerprint density at radius 3 is 2.44 bits per heavy atom. The Balaban J connectivity index is 1.32. The number of thioether (sulfide) groups is 2. The number of hydrogen-bond acceptors (Lipinski definition) is 4. The zero-order valence-corrected chi connectivity index (χ0v) is 12.8. The minimum Gasteiger partial charge on any atom is -0.359 e. The smallest absolute Gasteiger partial charge is 0.181 e. The molecule has 4 aliphatic rings. The molecule has 0 aromatic rings. The molecular formula is C12H19N3S3. The lowest BCUT2D eigenvalue weighted by molar-refractivity contribution is 0.250. The van der Waals surface area contributed by atoms with Gasteiger partial charge in [-0.3, -0.25) is 5.43 Å². The van der Waals surface area contributed by atoms with Crippen LogP contribution in [-0.2, 0) is 0 Å². The van der Waals surface area contributed by atoms with Gasteiger partial charge in [0.05, 0.1) is 10.7 Å². The summed E-state index contributed by atoms with van der Waals surface area (Å²) in [4.78, 5) is 0. The highest BCUT2D eigenvalue weighted by atomic mass is 32.2. The van der Waals surface area contributed by atoms with E-state index in [1.54, 1.807) is 0 Å². The van der Waals surface area contributed by atoms with E-state index in [0.29, 0.717) is 16.8 Å². The molecule has 100 valence electrons. The zero-order valence-electron chi connectivity index (χ0n) is 10.3. The van der Waals surface area contributed by atoms with Gasteiger partial charge < -0.3 is 5.32 Å². The largest absolute Gasteiger partial charge is 0.359 e. The maximum Gasteiger partial charge on any atom is 0.181 e. The molecule has 2 saturated heterocycles. The Kier molecular flexibility index (Phi) is 3.18. The van der Waals surface area contributed by atoms with E-state index in [-0.39, 0.29) is 0 Å². The number of hydrogen-bond donors (Lipinski definition) is 2. The summed E-state index contributed by atoms with van der Waals surface area (Å²) >= 11 is 9.60. The van der Waals surface area contributed by atoms with Crippen molar-refractivity contribution in [3.05, 3.63) is 0 Å². The second kappa shape index (κ2) is 4.72. The van der Waals surface area contributed by atoms with Crippen LogP contribution in [0.25, 0.3) is 0 Å². The third-order valence-corrected chi connectivity index (χ3v) is 7.97. The van der Waals surface area contributed by atoms with Crippen molar-refractivity contribution in [2.45, 2.75) is 42.5 Å². The van der Waals surface area contributed by atoms with E-state index in [4.69, 9.17) is 12.2 Å². The van der Waals surface area contributed by atoms with Crippen molar-refractivity contribution in [1.29, 1.82) is 0 Å². The summed E-state index contributed by atoms with van der Waals surface area (Å²) in [5, 5.41) is 8.03. The van der Waals surface area contributed by atoms with Crippen LogP contribution in [-0.4, -0.2) is 38.4 Å². The first-order valence-electron chi connectivity index (χ1n) is 6.88. The number of thiocarbonyl (C=S) groups is 1. The second-order valence-electron chi connectivity index (χ2n) is 5.85. The van der Waals surface area contributed by atoms with Crippen molar-refractivity contribution in [2.24, 2.45) is 11.8 Å². The molecule has 0 spiro atoms. The molecule has 2 heterocycles. The van der Waals surface area contributed by atoms with Crippen LogP contribution in [0.1, 0.15) is 25.7 Å². The van der Waals surface area contributed by atoms with E-state index in [1.165, 1.54) is 37.2 Å². The van der Waals surface area contributed by atoms with Gasteiger partial charge in [0.2, 0.25) is 0 Å². The van der Waals surface area contributed by atoms with Crippen molar-refractivity contribution in [2.75, 3.05) is 11.5 Å². The molecule has 18 heavy (non-hydrogen) atoms. The molecule has 2 aliphatic carbocycles. The summed E-state index contributed by atoms with van der Waals surface area (Å²) < 4.78 is 0. The number of nitrogens with zero attached hydrogens (tertiary/aromatic N) is 1. The highest BCUT2D eigenvalue weighted by Crippen LogP contribution is 2.45. The number of nitrogens with one attached hydrogen (secondary N) is 2. The first-order valence-corrected chi connectivity index (χ1v) is 9.39. The molecule has 5 atom stereocenters. The summed E-state index contributed by atoms with van der Waals surface area (Å²) in [5.41, 5.74) is 3.44. The van der Waals surface area contributed by atoms with Crippen molar-refractivity contribution >= 4 is 40.9 Å². The molecule has 0 radical (unpaired) electrons. The average molecular weight is 302 g/mol. The van der Waals surface area contributed by atoms with Gasteiger partial charge in [0.15, 0.2) is 5.11 Å². The predicted molar refractivity (Wildman–Crippen MR) is 82.4 cm³/mol. The first-order chi connectivity index (χ1) is 8.79. The van der Waals surface area contributed by atoms with E-state index in [0.717, 1.165) is 16.9 Å². The van der Waals surface area contributed by atoms with Crippen LogP contribution in [0, 0.1) is 11.8 Å². The van der Waals surface area contributed by atoms with E-state index in [2.05, 4.69) is 39.3 Å². The van der Waals surface area contributed by atoms with Gasteiger partial charge in [-0.2, -0.15) is 5.01 Å². The molecular weight excluding hydrogens is 282 g/mol. The average Bonchev–Trinajstić information content (AvgIpc) is 3.11. The summed E-state index contributed by atoms with van der Waals surface area (Å²) in [5.74, 6) is 4.33. The standard InChI is InChI=1S/C12H19N3S3/c16-12(13-9-4-7-1-2-8(9)3-7)14-15-10-5-17-11(15)6-18-10/h7-11H,1-6H2,(H2,13,14,16)/t7-,8-,9+,10+,11+/m1/s1. The van der Waals surface area contributed by atoms with Gasteiger partial charge >= 0.3 is 0 Å². The molecule has 0 aromatic carbocycles. The van der Waals surface area contributed by atoms with Gasteiger partial charge in [-0.1, -0.05) is 6.42 Å². The number of hydrazine groups is 1. The third-order valence-electron chi connectivity index (χ3n) is 4.77. The van der Waals surface area contributed by atoms with E-state index >= 15 is 0 Å². The van der Waals surface area contributed by atoms with E-state index < -0.39 is 0 Å². The number of rotatable bonds is 2. The molecule has 3 nitrogen and oxygen atoms in total. The van der Waals surface area contributed by atoms with Gasteiger partial charge in [0.1, 0.15) is 0 Å². The van der Waals surface area contributed by atoms with Gasteiger partial charge in [0, 0.05) is 17.5 Å². The molecule has 2 saturated carbocycles. The molecule has 0 unspecified atom stereocenters. The molecule has 2 N–H and O–H groups in total. The third kappa shape index (κ3) is 2.05. The maximum atomic E-state index is 5.49. The summed E-state index contributed by atoms with van der Waals surface area (Å²) in [6, 6.07) is 0.643. The molecule has 4 bridgehead atoms. The van der Waals surface area contributed by atoms with Crippen LogP contribution in [0.5, 0.6) is 0 Å². The Morgan fingerprint density at radius 1 is 1.11 bits per heavy atom. The van der Waals surface area contributed by atoms with Crippen molar-refractivity contribution in [3.8, 4) is 0 Å². The topological polar surface area (TPSA) is 27.3 Å². The highest BCUT2D eigenvalue weighted by Gasteiger charge is 2.43. The Morgan fingerprint density at radius 2 is 1.89 bits per heavy atom. The fraction of sp³-hybridized carbons (Fsp3) is 0.917. The van der Waals surface area contributed by atoms with Crippen molar-refractivity contribution in [1.82, 2.24) is 15.8 Å². The highest BCUT2D eigenvalue weighted by molar-refractivity contribution is 8.07. The lowest BCUT2D eigenvalue weighted by atomic mass is 9.96. The van der Waals surface area contributed by atoms with Crippen LogP contribution >= 0.6 is 35.7 Å². The minimum atomic E-state index is 0.625. The Hall–Kier alpha value is 0.350. The van der Waals surface area contributed by atoms with Gasteiger partial charge in [-0.15, -0.1) is 23.5 Å². The zero-order chi connectivity index (χ0) is 12.1. The fourth-order valence-electron chi connectivity index (χ4n) is 3.87. The van der Waals surface area contributed by atoms with Gasteiger partial charge in [0.25, 0.3) is 0 Å². The molecule has 6 heteroatoms. The monoisotopic (exact) mass is 301 g/mol. The molecule has 4 fully saturated rings. The van der Waals surface area contributed by atoms with Crippen molar-refractivity contribution in [3.63, 3.8) is 0 Å². The van der Waals surface area contributed by atoms with Crippen LogP contribution in [0.4, 0.5) is 0 Å². The lowest BCUT2D eigenvalue weighted by Crippen LogP contribution is -2.52. The number of fused-ring (bicyclic) bond motifs is 4. The van der Waals surface area contributed by atoms with E-state index in [9.17, 15) is 0 Å².